The zero-order valence-corrected chi connectivity index (χ0v) is 10.4. The van der Waals surface area contributed by atoms with Crippen LogP contribution in [0.1, 0.15) is 19.8 Å². The summed E-state index contributed by atoms with van der Waals surface area (Å²) in [5.41, 5.74) is 0. The number of nitrogens with zero attached hydrogens (tertiary/aromatic N) is 2. The topological polar surface area (TPSA) is 48.4 Å². The third-order valence-corrected chi connectivity index (χ3v) is 3.24. The van der Waals surface area contributed by atoms with E-state index >= 15 is 0 Å². The maximum absolute atomic E-state index is 8.95. The molecule has 17 heavy (non-hydrogen) atoms. The molecule has 0 aromatic carbocycles. The summed E-state index contributed by atoms with van der Waals surface area (Å²) in [6.45, 7) is 5.32. The fourth-order valence-corrected chi connectivity index (χ4v) is 2.34. The van der Waals surface area contributed by atoms with E-state index in [0.29, 0.717) is 12.5 Å². The second-order valence-electron chi connectivity index (χ2n) is 4.52. The molecular weight excluding hydrogens is 214 g/mol. The minimum Gasteiger partial charge on any atom is -0.396 e. The largest absolute Gasteiger partial charge is 0.396 e. The molecule has 0 aliphatic carbocycles. The summed E-state index contributed by atoms with van der Waals surface area (Å²) >= 11 is 0. The van der Waals surface area contributed by atoms with Gasteiger partial charge in [0.1, 0.15) is 11.6 Å². The van der Waals surface area contributed by atoms with Gasteiger partial charge in [0.2, 0.25) is 0 Å². The Morgan fingerprint density at radius 1 is 1.53 bits per heavy atom. The van der Waals surface area contributed by atoms with E-state index in [4.69, 9.17) is 5.11 Å². The normalized spacial score (nSPS) is 19.6. The molecule has 1 fully saturated rings. The van der Waals surface area contributed by atoms with Crippen molar-refractivity contribution in [1.82, 2.24) is 4.98 Å². The lowest BCUT2D eigenvalue weighted by Crippen LogP contribution is -2.21. The van der Waals surface area contributed by atoms with Crippen LogP contribution in [0.2, 0.25) is 0 Å². The standard InChI is InChI=1S/C13H21N3O/c1-2-14-12-4-3-5-13(15-12)16-8-6-11(10-16)7-9-17/h3-5,11,17H,2,6-10H2,1H3,(H,14,15). The maximum Gasteiger partial charge on any atom is 0.130 e. The summed E-state index contributed by atoms with van der Waals surface area (Å²) in [6, 6.07) is 6.09. The Morgan fingerprint density at radius 3 is 3.18 bits per heavy atom. The van der Waals surface area contributed by atoms with Crippen LogP contribution in [0.15, 0.2) is 18.2 Å². The minimum atomic E-state index is 0.295. The van der Waals surface area contributed by atoms with Gasteiger partial charge in [0.05, 0.1) is 0 Å². The SMILES string of the molecule is CCNc1cccc(N2CCC(CCO)C2)n1. The molecule has 4 heteroatoms. The molecule has 1 unspecified atom stereocenters. The van der Waals surface area contributed by atoms with Crippen LogP contribution < -0.4 is 10.2 Å². The molecule has 2 heterocycles. The van der Waals surface area contributed by atoms with Crippen molar-refractivity contribution in [1.29, 1.82) is 0 Å². The Labute approximate surface area is 103 Å². The molecule has 0 spiro atoms. The molecule has 2 N–H and O–H groups in total. The summed E-state index contributed by atoms with van der Waals surface area (Å²) in [4.78, 5) is 6.90. The molecule has 1 aromatic rings. The molecule has 0 bridgehead atoms. The van der Waals surface area contributed by atoms with Gasteiger partial charge in [-0.1, -0.05) is 6.07 Å². The van der Waals surface area contributed by atoms with Crippen LogP contribution in [0.25, 0.3) is 0 Å². The van der Waals surface area contributed by atoms with Crippen molar-refractivity contribution in [2.45, 2.75) is 19.8 Å². The van der Waals surface area contributed by atoms with Gasteiger partial charge >= 0.3 is 0 Å². The van der Waals surface area contributed by atoms with Crippen LogP contribution in [0.3, 0.4) is 0 Å². The van der Waals surface area contributed by atoms with Gasteiger partial charge in [-0.2, -0.15) is 0 Å². The van der Waals surface area contributed by atoms with Gasteiger partial charge in [0, 0.05) is 26.2 Å². The van der Waals surface area contributed by atoms with E-state index in [1.807, 2.05) is 12.1 Å². The van der Waals surface area contributed by atoms with Crippen LogP contribution in [-0.2, 0) is 0 Å². The van der Waals surface area contributed by atoms with E-state index in [1.165, 1.54) is 0 Å². The second kappa shape index (κ2) is 5.87. The van der Waals surface area contributed by atoms with Crippen LogP contribution in [0.4, 0.5) is 11.6 Å². The molecule has 1 saturated heterocycles. The Bertz CT molecular complexity index is 356. The van der Waals surface area contributed by atoms with Crippen molar-refractivity contribution < 1.29 is 5.11 Å². The highest BCUT2D eigenvalue weighted by molar-refractivity contribution is 5.47. The number of pyridine rings is 1. The number of nitrogens with one attached hydrogen (secondary N) is 1. The lowest BCUT2D eigenvalue weighted by atomic mass is 10.1. The van der Waals surface area contributed by atoms with Crippen molar-refractivity contribution in [3.05, 3.63) is 18.2 Å². The van der Waals surface area contributed by atoms with Crippen molar-refractivity contribution in [2.75, 3.05) is 36.5 Å². The Kier molecular flexibility index (Phi) is 4.20. The molecule has 4 nitrogen and oxygen atoms in total. The van der Waals surface area contributed by atoms with Crippen LogP contribution in [0, 0.1) is 5.92 Å². The number of anilines is 2. The highest BCUT2D eigenvalue weighted by atomic mass is 16.3. The Morgan fingerprint density at radius 2 is 2.41 bits per heavy atom. The van der Waals surface area contributed by atoms with E-state index in [9.17, 15) is 0 Å². The van der Waals surface area contributed by atoms with Crippen LogP contribution in [0.5, 0.6) is 0 Å². The van der Waals surface area contributed by atoms with Crippen LogP contribution in [-0.4, -0.2) is 36.3 Å². The van der Waals surface area contributed by atoms with E-state index < -0.39 is 0 Å². The lowest BCUT2D eigenvalue weighted by Gasteiger charge is -2.18. The molecule has 0 saturated carbocycles. The minimum absolute atomic E-state index is 0.295. The first-order valence-corrected chi connectivity index (χ1v) is 6.40. The van der Waals surface area contributed by atoms with Gasteiger partial charge in [-0.15, -0.1) is 0 Å². The van der Waals surface area contributed by atoms with Crippen molar-refractivity contribution in [3.8, 4) is 0 Å². The summed E-state index contributed by atoms with van der Waals surface area (Å²) < 4.78 is 0. The predicted octanol–water partition coefficient (Wildman–Crippen LogP) is 1.72. The quantitative estimate of drug-likeness (QED) is 0.816. The van der Waals surface area contributed by atoms with E-state index in [-0.39, 0.29) is 0 Å². The average molecular weight is 235 g/mol. The Balaban J connectivity index is 2.00. The molecule has 2 rings (SSSR count). The summed E-state index contributed by atoms with van der Waals surface area (Å²) in [7, 11) is 0. The first kappa shape index (κ1) is 12.2. The molecule has 1 aromatic heterocycles. The van der Waals surface area contributed by atoms with E-state index in [2.05, 4.69) is 28.2 Å². The number of aliphatic hydroxyl groups excluding tert-OH is 1. The number of aliphatic hydroxyl groups is 1. The second-order valence-corrected chi connectivity index (χ2v) is 4.52. The maximum atomic E-state index is 8.95. The van der Waals surface area contributed by atoms with Crippen LogP contribution >= 0.6 is 0 Å². The van der Waals surface area contributed by atoms with Crippen molar-refractivity contribution in [2.24, 2.45) is 5.92 Å². The van der Waals surface area contributed by atoms with Gasteiger partial charge in [-0.05, 0) is 37.8 Å². The molecule has 1 atom stereocenters. The number of hydrogen-bond donors (Lipinski definition) is 2. The highest BCUT2D eigenvalue weighted by Crippen LogP contribution is 2.24. The average Bonchev–Trinajstić information content (AvgIpc) is 2.79. The first-order valence-electron chi connectivity index (χ1n) is 6.40. The van der Waals surface area contributed by atoms with Crippen molar-refractivity contribution in [3.63, 3.8) is 0 Å². The molecule has 94 valence electrons. The lowest BCUT2D eigenvalue weighted by molar-refractivity contribution is 0.263. The number of hydrogen-bond acceptors (Lipinski definition) is 4. The molecule has 0 radical (unpaired) electrons. The third-order valence-electron chi connectivity index (χ3n) is 3.24. The van der Waals surface area contributed by atoms with Gasteiger partial charge < -0.3 is 15.3 Å². The highest BCUT2D eigenvalue weighted by Gasteiger charge is 2.22. The summed E-state index contributed by atoms with van der Waals surface area (Å²) in [6.07, 6.45) is 2.07. The van der Waals surface area contributed by atoms with E-state index in [0.717, 1.165) is 44.1 Å². The zero-order chi connectivity index (χ0) is 12.1. The molecule has 0 amide bonds. The zero-order valence-electron chi connectivity index (χ0n) is 10.4. The molecular formula is C13H21N3O. The monoisotopic (exact) mass is 235 g/mol. The van der Waals surface area contributed by atoms with E-state index in [1.54, 1.807) is 0 Å². The predicted molar refractivity (Wildman–Crippen MR) is 70.4 cm³/mol. The fraction of sp³-hybridized carbons (Fsp3) is 0.615. The molecule has 1 aliphatic rings. The van der Waals surface area contributed by atoms with Gasteiger partial charge in [-0.25, -0.2) is 4.98 Å². The third kappa shape index (κ3) is 3.09. The fourth-order valence-electron chi connectivity index (χ4n) is 2.34. The summed E-state index contributed by atoms with van der Waals surface area (Å²) in [5.74, 6) is 2.60. The smallest absolute Gasteiger partial charge is 0.130 e. The van der Waals surface area contributed by atoms with Gasteiger partial charge in [0.15, 0.2) is 0 Å². The van der Waals surface area contributed by atoms with Gasteiger partial charge in [0.25, 0.3) is 0 Å². The number of rotatable bonds is 5. The molecule has 1 aliphatic heterocycles. The number of aromatic nitrogens is 1. The van der Waals surface area contributed by atoms with Gasteiger partial charge in [-0.3, -0.25) is 0 Å². The van der Waals surface area contributed by atoms with Crippen molar-refractivity contribution >= 4 is 11.6 Å². The Hall–Kier alpha value is -1.29. The summed E-state index contributed by atoms with van der Waals surface area (Å²) in [5, 5.41) is 12.2. The first-order chi connectivity index (χ1) is 8.33.